The molecule has 2 rings (SSSR count). The van der Waals surface area contributed by atoms with E-state index in [1.54, 1.807) is 6.08 Å². The fourth-order valence-electron chi connectivity index (χ4n) is 10.4. The number of aliphatic hydroxyl groups is 8. The number of ether oxygens (including phenoxy) is 4. The quantitative estimate of drug-likeness (QED) is 0.0204. The van der Waals surface area contributed by atoms with Crippen LogP contribution in [0, 0.1) is 0 Å². The van der Waals surface area contributed by atoms with Crippen molar-refractivity contribution in [2.75, 3.05) is 19.8 Å². The molecular weight excluding hydrogens is 955 g/mol. The third kappa shape index (κ3) is 33.0. The number of hydrogen-bond acceptors (Lipinski definition) is 13. The van der Waals surface area contributed by atoms with Crippen molar-refractivity contribution in [3.05, 3.63) is 24.3 Å². The lowest BCUT2D eigenvalue weighted by Gasteiger charge is -2.46. The van der Waals surface area contributed by atoms with E-state index in [0.717, 1.165) is 38.5 Å². The summed E-state index contributed by atoms with van der Waals surface area (Å²) < 4.78 is 22.6. The van der Waals surface area contributed by atoms with E-state index in [1.807, 2.05) is 6.08 Å². The van der Waals surface area contributed by atoms with Crippen LogP contribution in [0.3, 0.4) is 0 Å². The van der Waals surface area contributed by atoms with Gasteiger partial charge in [0, 0.05) is 6.42 Å². The number of rotatable bonds is 50. The Hall–Kier alpha value is -1.53. The summed E-state index contributed by atoms with van der Waals surface area (Å²) in [7, 11) is 0. The second-order valence-electron chi connectivity index (χ2n) is 22.2. The normalized spacial score (nSPS) is 25.1. The fourth-order valence-corrected chi connectivity index (χ4v) is 10.4. The largest absolute Gasteiger partial charge is 0.394 e. The standard InChI is InChI=1S/C61H115NO13/c1-3-5-7-9-11-12-13-14-15-16-17-18-19-20-21-22-23-24-25-26-27-28-29-30-31-32-33-34-35-36-37-39-41-43-45-53(66)62-49(50(65)44-42-40-38-10-8-6-4-2)48-72-60-58(71)56(69)59(52(47-64)74-60)75-61-57(70)55(68)54(67)51(46-63)73-61/h8,10,42,44,49-52,54-61,63-65,67-71H,3-7,9,11-41,43,45-48H2,1-2H3,(H,62,66)/b10-8+,44-42+. The van der Waals surface area contributed by atoms with Gasteiger partial charge in [0.2, 0.25) is 5.91 Å². The van der Waals surface area contributed by atoms with Gasteiger partial charge >= 0.3 is 0 Å². The van der Waals surface area contributed by atoms with E-state index < -0.39 is 86.8 Å². The topological polar surface area (TPSA) is 228 Å². The number of carbonyl (C=O) groups is 1. The van der Waals surface area contributed by atoms with Crippen LogP contribution in [0.4, 0.5) is 0 Å². The first-order chi connectivity index (χ1) is 36.6. The van der Waals surface area contributed by atoms with Crippen LogP contribution in [0.1, 0.15) is 264 Å². The molecule has 442 valence electrons. The molecule has 0 saturated carbocycles. The second-order valence-corrected chi connectivity index (χ2v) is 22.2. The maximum absolute atomic E-state index is 13.2. The lowest BCUT2D eigenvalue weighted by atomic mass is 9.97. The average molecular weight is 1070 g/mol. The highest BCUT2D eigenvalue weighted by Crippen LogP contribution is 2.30. The van der Waals surface area contributed by atoms with Gasteiger partial charge < -0.3 is 65.1 Å². The molecule has 75 heavy (non-hydrogen) atoms. The molecule has 0 bridgehead atoms. The van der Waals surface area contributed by atoms with Crippen molar-refractivity contribution in [3.8, 4) is 0 Å². The Labute approximate surface area is 456 Å². The first-order valence-corrected chi connectivity index (χ1v) is 31.1. The highest BCUT2D eigenvalue weighted by atomic mass is 16.7. The van der Waals surface area contributed by atoms with E-state index in [0.29, 0.717) is 12.8 Å². The summed E-state index contributed by atoms with van der Waals surface area (Å²) in [6.45, 7) is 2.68. The predicted octanol–water partition coefficient (Wildman–Crippen LogP) is 10.8. The minimum absolute atomic E-state index is 0.249. The molecule has 14 heteroatoms. The van der Waals surface area contributed by atoms with Gasteiger partial charge in [-0.3, -0.25) is 4.79 Å². The first-order valence-electron chi connectivity index (χ1n) is 31.1. The molecule has 2 aliphatic heterocycles. The Balaban J connectivity index is 1.53. The van der Waals surface area contributed by atoms with E-state index >= 15 is 0 Å². The number of nitrogens with one attached hydrogen (secondary N) is 1. The number of allylic oxidation sites excluding steroid dienone is 3. The van der Waals surface area contributed by atoms with E-state index in [2.05, 4.69) is 31.3 Å². The molecule has 0 radical (unpaired) electrons. The number of aliphatic hydroxyl groups excluding tert-OH is 8. The van der Waals surface area contributed by atoms with Crippen LogP contribution in [0.25, 0.3) is 0 Å². The Bertz CT molecular complexity index is 1350. The highest BCUT2D eigenvalue weighted by Gasteiger charge is 2.51. The maximum Gasteiger partial charge on any atom is 0.220 e. The van der Waals surface area contributed by atoms with Crippen LogP contribution in [0.5, 0.6) is 0 Å². The molecule has 2 saturated heterocycles. The minimum atomic E-state index is -1.79. The smallest absolute Gasteiger partial charge is 0.220 e. The van der Waals surface area contributed by atoms with E-state index in [4.69, 9.17) is 18.9 Å². The Morgan fingerprint density at radius 2 is 0.853 bits per heavy atom. The van der Waals surface area contributed by atoms with Crippen molar-refractivity contribution in [1.29, 1.82) is 0 Å². The van der Waals surface area contributed by atoms with Crippen molar-refractivity contribution in [2.45, 2.75) is 338 Å². The molecule has 14 nitrogen and oxygen atoms in total. The third-order valence-electron chi connectivity index (χ3n) is 15.4. The molecule has 2 aliphatic rings. The zero-order valence-electron chi connectivity index (χ0n) is 47.6. The first kappa shape index (κ1) is 69.6. The molecule has 2 heterocycles. The van der Waals surface area contributed by atoms with Gasteiger partial charge in [-0.25, -0.2) is 0 Å². The molecule has 0 spiro atoms. The molecule has 12 unspecified atom stereocenters. The summed E-state index contributed by atoms with van der Waals surface area (Å²) in [4.78, 5) is 13.2. The summed E-state index contributed by atoms with van der Waals surface area (Å²) in [5.41, 5.74) is 0. The molecule has 2 fully saturated rings. The Morgan fingerprint density at radius 1 is 0.467 bits per heavy atom. The van der Waals surface area contributed by atoms with Crippen LogP contribution in [-0.4, -0.2) is 140 Å². The van der Waals surface area contributed by atoms with Crippen molar-refractivity contribution >= 4 is 5.91 Å². The van der Waals surface area contributed by atoms with Crippen molar-refractivity contribution in [2.24, 2.45) is 0 Å². The summed E-state index contributed by atoms with van der Waals surface area (Å²) in [5, 5.41) is 86.6. The van der Waals surface area contributed by atoms with Crippen LogP contribution >= 0.6 is 0 Å². The van der Waals surface area contributed by atoms with Gasteiger partial charge in [-0.2, -0.15) is 0 Å². The van der Waals surface area contributed by atoms with Crippen LogP contribution in [0.15, 0.2) is 24.3 Å². The lowest BCUT2D eigenvalue weighted by Crippen LogP contribution is -2.65. The number of carbonyl (C=O) groups excluding carboxylic acids is 1. The van der Waals surface area contributed by atoms with Gasteiger partial charge in [0.05, 0.1) is 32.0 Å². The second kappa shape index (κ2) is 47.3. The monoisotopic (exact) mass is 1070 g/mol. The third-order valence-corrected chi connectivity index (χ3v) is 15.4. The number of hydrogen-bond donors (Lipinski definition) is 9. The van der Waals surface area contributed by atoms with Crippen LogP contribution in [0.2, 0.25) is 0 Å². The molecule has 1 amide bonds. The van der Waals surface area contributed by atoms with Gasteiger partial charge in [0.1, 0.15) is 48.8 Å². The number of unbranched alkanes of at least 4 members (excludes halogenated alkanes) is 35. The van der Waals surface area contributed by atoms with Gasteiger partial charge in [-0.15, -0.1) is 0 Å². The van der Waals surface area contributed by atoms with Crippen molar-refractivity contribution in [1.82, 2.24) is 5.32 Å². The summed E-state index contributed by atoms with van der Waals surface area (Å²) in [5.74, 6) is -0.249. The van der Waals surface area contributed by atoms with Crippen LogP contribution < -0.4 is 5.32 Å². The summed E-state index contributed by atoms with van der Waals surface area (Å²) in [6.07, 6.45) is 40.3. The average Bonchev–Trinajstić information content (AvgIpc) is 3.41. The molecule has 9 N–H and O–H groups in total. The Kier molecular flexibility index (Phi) is 43.9. The SMILES string of the molecule is CCC/C=C/CC/C=C/C(O)C(COC1OC(CO)C(OC2OC(CO)C(O)C(O)C2O)C(O)C1O)NC(=O)CCCCCCCCCCCCCCCCCCCCCCCCCCCCCCCCCCCC. The maximum atomic E-state index is 13.2. The molecule has 12 atom stereocenters. The van der Waals surface area contributed by atoms with Crippen molar-refractivity contribution in [3.63, 3.8) is 0 Å². The summed E-state index contributed by atoms with van der Waals surface area (Å²) in [6, 6.07) is -0.925. The van der Waals surface area contributed by atoms with Gasteiger partial charge in [-0.05, 0) is 25.7 Å². The highest BCUT2D eigenvalue weighted by molar-refractivity contribution is 5.76. The predicted molar refractivity (Wildman–Crippen MR) is 300 cm³/mol. The molecule has 0 aliphatic carbocycles. The van der Waals surface area contributed by atoms with Gasteiger partial charge in [0.15, 0.2) is 12.6 Å². The van der Waals surface area contributed by atoms with Gasteiger partial charge in [-0.1, -0.05) is 256 Å². The lowest BCUT2D eigenvalue weighted by molar-refractivity contribution is -0.359. The zero-order valence-corrected chi connectivity index (χ0v) is 47.6. The molecule has 0 aromatic rings. The molecule has 0 aromatic carbocycles. The summed E-state index contributed by atoms with van der Waals surface area (Å²) >= 11 is 0. The Morgan fingerprint density at radius 3 is 1.28 bits per heavy atom. The van der Waals surface area contributed by atoms with E-state index in [1.165, 1.54) is 193 Å². The van der Waals surface area contributed by atoms with Crippen molar-refractivity contribution < 1.29 is 64.6 Å². The van der Waals surface area contributed by atoms with E-state index in [9.17, 15) is 45.6 Å². The number of amides is 1. The molecular formula is C61H115NO13. The van der Waals surface area contributed by atoms with Crippen LogP contribution in [-0.2, 0) is 23.7 Å². The fraction of sp³-hybridized carbons (Fsp3) is 0.918. The molecule has 0 aromatic heterocycles. The van der Waals surface area contributed by atoms with E-state index in [-0.39, 0.29) is 18.9 Å². The minimum Gasteiger partial charge on any atom is -0.394 e. The van der Waals surface area contributed by atoms with Gasteiger partial charge in [0.25, 0.3) is 0 Å². The zero-order chi connectivity index (χ0) is 54.6.